The normalized spacial score (nSPS) is 11.7. The average molecular weight is 811 g/mol. The number of nitrogens with zero attached hydrogens (tertiary/aromatic N) is 2. The third-order valence-electron chi connectivity index (χ3n) is 8.08. The lowest BCUT2D eigenvalue weighted by atomic mass is 10.0. The molecule has 59 heavy (non-hydrogen) atoms. The number of carbonyl (C=O) groups is 6. The molecule has 0 spiro atoms. The van der Waals surface area contributed by atoms with E-state index >= 15 is 0 Å². The second kappa shape index (κ2) is 20.1. The molecule has 0 saturated heterocycles. The number of aliphatic carboxylic acids is 1. The van der Waals surface area contributed by atoms with Gasteiger partial charge in [0.2, 0.25) is 5.96 Å². The summed E-state index contributed by atoms with van der Waals surface area (Å²) in [5.41, 5.74) is -0.325. The van der Waals surface area contributed by atoms with Crippen molar-refractivity contribution >= 4 is 58.4 Å². The molecule has 0 fully saturated rings. The van der Waals surface area contributed by atoms with E-state index in [4.69, 9.17) is 18.9 Å². The van der Waals surface area contributed by atoms with Crippen LogP contribution in [-0.4, -0.2) is 82.4 Å². The van der Waals surface area contributed by atoms with Crippen LogP contribution in [0.2, 0.25) is 0 Å². The first-order valence-electron chi connectivity index (χ1n) is 19.0. The van der Waals surface area contributed by atoms with E-state index in [0.717, 1.165) is 16.9 Å². The predicted molar refractivity (Wildman–Crippen MR) is 220 cm³/mol. The number of aliphatic imine (C=N–C) groups is 1. The van der Waals surface area contributed by atoms with Crippen LogP contribution >= 0.6 is 0 Å². The first kappa shape index (κ1) is 44.9. The fraction of sp³-hybridized carbons (Fsp3) is 0.341. The lowest BCUT2D eigenvalue weighted by molar-refractivity contribution is -0.150. The van der Waals surface area contributed by atoms with Gasteiger partial charge < -0.3 is 29.0 Å². The number of alkyl carbamates (subject to hydrolysis) is 2. The minimum atomic E-state index is -1.29. The van der Waals surface area contributed by atoms with Crippen LogP contribution in [-0.2, 0) is 30.2 Å². The quantitative estimate of drug-likeness (QED) is 0.0300. The topological polar surface area (TPSA) is 199 Å². The zero-order chi connectivity index (χ0) is 43.3. The summed E-state index contributed by atoms with van der Waals surface area (Å²) in [5.74, 6) is -3.40. The Balaban J connectivity index is 1.52. The van der Waals surface area contributed by atoms with Gasteiger partial charge in [0.1, 0.15) is 29.5 Å². The van der Waals surface area contributed by atoms with Crippen LogP contribution in [0.3, 0.4) is 0 Å². The van der Waals surface area contributed by atoms with Crippen molar-refractivity contribution in [3.05, 3.63) is 108 Å². The fourth-order valence-electron chi connectivity index (χ4n) is 5.48. The fourth-order valence-corrected chi connectivity index (χ4v) is 5.48. The molecule has 15 heteroatoms. The number of nitrogens with one attached hydrogen (secondary N) is 2. The van der Waals surface area contributed by atoms with Crippen LogP contribution in [0.4, 0.5) is 15.3 Å². The molecule has 4 aromatic carbocycles. The van der Waals surface area contributed by atoms with Crippen molar-refractivity contribution in [3.63, 3.8) is 0 Å². The first-order chi connectivity index (χ1) is 27.8. The number of unbranched alkanes of at least 4 members (excludes halogenated alkanes) is 1. The van der Waals surface area contributed by atoms with Gasteiger partial charge in [-0.2, -0.15) is 0 Å². The zero-order valence-electron chi connectivity index (χ0n) is 34.2. The molecule has 0 radical (unpaired) electrons. The molecule has 15 nitrogen and oxygen atoms in total. The van der Waals surface area contributed by atoms with Crippen molar-refractivity contribution in [1.82, 2.24) is 15.5 Å². The van der Waals surface area contributed by atoms with Crippen molar-refractivity contribution in [2.75, 3.05) is 13.2 Å². The molecule has 0 unspecified atom stereocenters. The molecule has 312 valence electrons. The third-order valence-corrected chi connectivity index (χ3v) is 8.08. The predicted octanol–water partition coefficient (Wildman–Crippen LogP) is 7.58. The van der Waals surface area contributed by atoms with Gasteiger partial charge >= 0.3 is 30.1 Å². The molecule has 3 N–H and O–H groups in total. The van der Waals surface area contributed by atoms with Crippen LogP contribution in [0, 0.1) is 0 Å². The second-order valence-corrected chi connectivity index (χ2v) is 15.4. The smallest absolute Gasteiger partial charge is 0.414 e. The molecular weight excluding hydrogens is 761 g/mol. The lowest BCUT2D eigenvalue weighted by Crippen LogP contribution is -2.49. The van der Waals surface area contributed by atoms with Crippen molar-refractivity contribution in [3.8, 4) is 5.75 Å². The molecule has 0 saturated carbocycles. The number of carboxylic acid groups (broad SMARTS) is 1. The second-order valence-electron chi connectivity index (χ2n) is 15.4. The highest BCUT2D eigenvalue weighted by Crippen LogP contribution is 2.25. The number of guanidine groups is 1. The summed E-state index contributed by atoms with van der Waals surface area (Å²) in [6.45, 7) is 11.4. The Bertz CT molecular complexity index is 2140. The maximum Gasteiger partial charge on any atom is 0.414 e. The van der Waals surface area contributed by atoms with E-state index in [1.54, 1.807) is 96.1 Å². The molecule has 3 amide bonds. The number of benzene rings is 4. The molecule has 0 heterocycles. The van der Waals surface area contributed by atoms with Gasteiger partial charge in [-0.25, -0.2) is 24.2 Å². The molecule has 4 rings (SSSR count). The van der Waals surface area contributed by atoms with Gasteiger partial charge in [-0.3, -0.25) is 20.2 Å². The van der Waals surface area contributed by atoms with Gasteiger partial charge in [-0.1, -0.05) is 55.8 Å². The van der Waals surface area contributed by atoms with Crippen molar-refractivity contribution in [1.29, 1.82) is 0 Å². The summed E-state index contributed by atoms with van der Waals surface area (Å²) >= 11 is 0. The molecule has 1 atom stereocenters. The summed E-state index contributed by atoms with van der Waals surface area (Å²) in [6.07, 6.45) is -0.267. The number of fused-ring (bicyclic) bond motifs is 1. The number of carboxylic acids is 1. The van der Waals surface area contributed by atoms with Crippen LogP contribution in [0.15, 0.2) is 96.0 Å². The zero-order valence-corrected chi connectivity index (χ0v) is 34.2. The van der Waals surface area contributed by atoms with E-state index in [2.05, 4.69) is 15.6 Å². The largest absolute Gasteiger partial charge is 0.480 e. The van der Waals surface area contributed by atoms with Crippen molar-refractivity contribution in [2.24, 2.45) is 4.99 Å². The molecule has 0 aliphatic rings. The number of hydrogen-bond donors (Lipinski definition) is 3. The highest BCUT2D eigenvalue weighted by atomic mass is 16.6. The van der Waals surface area contributed by atoms with Crippen LogP contribution in [0.1, 0.15) is 87.6 Å². The SMILES string of the molecule is CCCCOC(=O)[C@H](Cc1ccccc1)N(CC(=O)O)C(=O)c1ccc2cc(OC(=O)c3ccc(N=C(NC(=O)OC(C)(C)C)NC(=O)OC(C)(C)C)cc3)ccc2c1. The molecule has 0 aliphatic heterocycles. The molecular formula is C44H50N4O11. The van der Waals surface area contributed by atoms with Crippen LogP contribution in [0.25, 0.3) is 10.8 Å². The number of ether oxygens (including phenoxy) is 4. The minimum absolute atomic E-state index is 0.0563. The Kier molecular flexibility index (Phi) is 15.3. The third kappa shape index (κ3) is 14.6. The minimum Gasteiger partial charge on any atom is -0.480 e. The monoisotopic (exact) mass is 810 g/mol. The van der Waals surface area contributed by atoms with E-state index < -0.39 is 59.8 Å². The Morgan fingerprint density at radius 2 is 1.32 bits per heavy atom. The van der Waals surface area contributed by atoms with Crippen molar-refractivity contribution < 1.29 is 52.8 Å². The van der Waals surface area contributed by atoms with Gasteiger partial charge in [-0.05, 0) is 113 Å². The number of carbonyl (C=O) groups excluding carboxylic acids is 5. The van der Waals surface area contributed by atoms with Gasteiger partial charge in [-0.15, -0.1) is 0 Å². The molecule has 0 aliphatic carbocycles. The highest BCUT2D eigenvalue weighted by molar-refractivity contribution is 6.03. The van der Waals surface area contributed by atoms with E-state index in [0.29, 0.717) is 17.2 Å². The van der Waals surface area contributed by atoms with Gasteiger partial charge in [0.25, 0.3) is 5.91 Å². The first-order valence-corrected chi connectivity index (χ1v) is 19.0. The summed E-state index contributed by atoms with van der Waals surface area (Å²) in [4.78, 5) is 82.6. The number of hydrogen-bond acceptors (Lipinski definition) is 11. The van der Waals surface area contributed by atoms with Gasteiger partial charge in [0.05, 0.1) is 17.9 Å². The maximum atomic E-state index is 14.0. The summed E-state index contributed by atoms with van der Waals surface area (Å²) in [7, 11) is 0. The molecule has 4 aromatic rings. The number of esters is 2. The van der Waals surface area contributed by atoms with Crippen LogP contribution in [0.5, 0.6) is 5.75 Å². The van der Waals surface area contributed by atoms with E-state index in [9.17, 15) is 33.9 Å². The molecule has 0 bridgehead atoms. The lowest BCUT2D eigenvalue weighted by Gasteiger charge is -2.29. The van der Waals surface area contributed by atoms with Crippen molar-refractivity contribution in [2.45, 2.75) is 85.0 Å². The Hall–Kier alpha value is -6.77. The van der Waals surface area contributed by atoms with Gasteiger partial charge in [0, 0.05) is 12.0 Å². The van der Waals surface area contributed by atoms with E-state index in [-0.39, 0.29) is 41.6 Å². The Morgan fingerprint density at radius 3 is 1.90 bits per heavy atom. The van der Waals surface area contributed by atoms with Crippen LogP contribution < -0.4 is 15.4 Å². The molecule has 0 aromatic heterocycles. The number of amides is 3. The summed E-state index contributed by atoms with van der Waals surface area (Å²) < 4.78 is 21.6. The average Bonchev–Trinajstić information content (AvgIpc) is 3.14. The summed E-state index contributed by atoms with van der Waals surface area (Å²) in [5, 5.41) is 15.8. The number of rotatable bonds is 13. The van der Waals surface area contributed by atoms with E-state index in [1.165, 1.54) is 30.3 Å². The Morgan fingerprint density at radius 1 is 0.746 bits per heavy atom. The highest BCUT2D eigenvalue weighted by Gasteiger charge is 2.34. The Labute approximate surface area is 342 Å². The maximum absolute atomic E-state index is 14.0. The van der Waals surface area contributed by atoms with Gasteiger partial charge in [0.15, 0.2) is 0 Å². The standard InChI is InChI=1S/C44H50N4O11/c1-8-9-23-56-39(53)35(24-28-13-11-10-12-14-28)48(27-36(49)50)37(51)32-16-15-31-26-34(22-19-30(31)25-32)57-38(52)29-17-20-33(21-18-29)45-40(46-41(54)58-43(2,3)4)47-42(55)59-44(5,6)7/h10-22,25-26,35H,8-9,23-24,27H2,1-7H3,(H,49,50)(H2,45,46,47,54,55)/t35-/m0/s1. The van der Waals surface area contributed by atoms with E-state index in [1.807, 2.05) is 13.0 Å². The summed E-state index contributed by atoms with van der Waals surface area (Å²) in [6, 6.07) is 23.1.